The lowest BCUT2D eigenvalue weighted by Gasteiger charge is -2.19. The van der Waals surface area contributed by atoms with Crippen LogP contribution in [0.1, 0.15) is 22.8 Å². The van der Waals surface area contributed by atoms with Gasteiger partial charge in [0.25, 0.3) is 0 Å². The van der Waals surface area contributed by atoms with E-state index in [0.717, 1.165) is 5.56 Å². The van der Waals surface area contributed by atoms with Gasteiger partial charge in [0.1, 0.15) is 24.7 Å². The molecule has 0 radical (unpaired) electrons. The molecule has 7 heteroatoms. The lowest BCUT2D eigenvalue weighted by atomic mass is 10.0. The Morgan fingerprint density at radius 2 is 1.88 bits per heavy atom. The van der Waals surface area contributed by atoms with Gasteiger partial charge in [0, 0.05) is 12.1 Å². The first kappa shape index (κ1) is 18.4. The van der Waals surface area contributed by atoms with Crippen molar-refractivity contribution in [3.63, 3.8) is 0 Å². The third-order valence-electron chi connectivity index (χ3n) is 3.57. The number of nitrogens with two attached hydrogens (primary N) is 1. The number of aliphatic hydroxyl groups is 2. The molecule has 2 rings (SSSR count). The Morgan fingerprint density at radius 3 is 2.56 bits per heavy atom. The first-order chi connectivity index (χ1) is 12.0. The van der Waals surface area contributed by atoms with Crippen LogP contribution >= 0.6 is 0 Å². The van der Waals surface area contributed by atoms with Crippen molar-refractivity contribution in [2.75, 3.05) is 6.54 Å². The van der Waals surface area contributed by atoms with Gasteiger partial charge in [-0.3, -0.25) is 5.41 Å². The van der Waals surface area contributed by atoms with Crippen molar-refractivity contribution >= 4 is 11.9 Å². The Morgan fingerprint density at radius 1 is 1.16 bits per heavy atom. The maximum Gasteiger partial charge on any atom is 0.407 e. The number of benzene rings is 2. The van der Waals surface area contributed by atoms with E-state index in [1.54, 1.807) is 18.2 Å². The molecule has 0 spiro atoms. The molecule has 0 fully saturated rings. The molecule has 2 aromatic rings. The number of amidine groups is 1. The van der Waals surface area contributed by atoms with Crippen molar-refractivity contribution in [2.24, 2.45) is 5.73 Å². The van der Waals surface area contributed by atoms with Crippen LogP contribution in [0.5, 0.6) is 0 Å². The number of aliphatic hydroxyl groups excluding tert-OH is 2. The van der Waals surface area contributed by atoms with Crippen molar-refractivity contribution in [3.8, 4) is 0 Å². The smallest absolute Gasteiger partial charge is 0.407 e. The molecule has 6 N–H and O–H groups in total. The lowest BCUT2D eigenvalue weighted by molar-refractivity contribution is 0.0184. The van der Waals surface area contributed by atoms with E-state index in [1.807, 2.05) is 30.3 Å². The summed E-state index contributed by atoms with van der Waals surface area (Å²) in [7, 11) is 0. The van der Waals surface area contributed by atoms with E-state index in [2.05, 4.69) is 5.32 Å². The highest BCUT2D eigenvalue weighted by Gasteiger charge is 2.20. The monoisotopic (exact) mass is 343 g/mol. The van der Waals surface area contributed by atoms with Crippen LogP contribution in [0.2, 0.25) is 0 Å². The maximum atomic E-state index is 11.7. The molecule has 2 atom stereocenters. The minimum absolute atomic E-state index is 0.117. The maximum absolute atomic E-state index is 11.7. The molecule has 132 valence electrons. The number of carbonyl (C=O) groups is 1. The summed E-state index contributed by atoms with van der Waals surface area (Å²) >= 11 is 0. The first-order valence-corrected chi connectivity index (χ1v) is 7.72. The second kappa shape index (κ2) is 8.81. The summed E-state index contributed by atoms with van der Waals surface area (Å²) in [4.78, 5) is 11.7. The van der Waals surface area contributed by atoms with Crippen LogP contribution in [0.15, 0.2) is 54.6 Å². The summed E-state index contributed by atoms with van der Waals surface area (Å²) in [6, 6.07) is 15.6. The van der Waals surface area contributed by atoms with E-state index >= 15 is 0 Å². The van der Waals surface area contributed by atoms with Crippen LogP contribution < -0.4 is 11.1 Å². The molecule has 25 heavy (non-hydrogen) atoms. The summed E-state index contributed by atoms with van der Waals surface area (Å²) in [5.74, 6) is -0.133. The highest BCUT2D eigenvalue weighted by atomic mass is 16.5. The molecule has 0 heterocycles. The molecule has 0 bridgehead atoms. The summed E-state index contributed by atoms with van der Waals surface area (Å²) in [6.45, 7) is -0.0644. The summed E-state index contributed by atoms with van der Waals surface area (Å²) in [6.07, 6.45) is -3.15. The molecule has 0 saturated carbocycles. The van der Waals surface area contributed by atoms with Gasteiger partial charge in [-0.1, -0.05) is 48.5 Å². The van der Waals surface area contributed by atoms with Gasteiger partial charge in [0.15, 0.2) is 0 Å². The van der Waals surface area contributed by atoms with Crippen LogP contribution in [0.25, 0.3) is 0 Å². The number of hydrogen-bond acceptors (Lipinski definition) is 5. The normalized spacial score (nSPS) is 12.9. The van der Waals surface area contributed by atoms with E-state index in [-0.39, 0.29) is 19.0 Å². The molecule has 2 aromatic carbocycles. The molecular formula is C18H21N3O4. The molecule has 0 aromatic heterocycles. The molecule has 2 unspecified atom stereocenters. The highest BCUT2D eigenvalue weighted by Crippen LogP contribution is 2.18. The zero-order chi connectivity index (χ0) is 18.2. The fourth-order valence-corrected chi connectivity index (χ4v) is 2.19. The lowest BCUT2D eigenvalue weighted by Crippen LogP contribution is -2.35. The molecule has 7 nitrogen and oxygen atoms in total. The van der Waals surface area contributed by atoms with E-state index < -0.39 is 18.3 Å². The van der Waals surface area contributed by atoms with E-state index in [4.69, 9.17) is 15.9 Å². The second-order valence-electron chi connectivity index (χ2n) is 5.49. The fourth-order valence-electron chi connectivity index (χ4n) is 2.19. The van der Waals surface area contributed by atoms with Gasteiger partial charge < -0.3 is 26.0 Å². The Hall–Kier alpha value is -2.90. The standard InChI is InChI=1S/C18H21N3O4/c19-17(20)14-8-4-7-13(9-14)16(23)15(22)10-21-18(24)25-11-12-5-2-1-3-6-12/h1-9,15-16,22-23H,10-11H2,(H3,19,20)(H,21,24). The van der Waals surface area contributed by atoms with Crippen LogP contribution in [0.3, 0.4) is 0 Å². The molecule has 0 saturated heterocycles. The van der Waals surface area contributed by atoms with Crippen LogP contribution in [0.4, 0.5) is 4.79 Å². The molecular weight excluding hydrogens is 322 g/mol. The second-order valence-corrected chi connectivity index (χ2v) is 5.49. The third-order valence-corrected chi connectivity index (χ3v) is 3.57. The average molecular weight is 343 g/mol. The van der Waals surface area contributed by atoms with E-state index in [1.165, 1.54) is 6.07 Å². The number of nitrogen functional groups attached to an aromatic ring is 1. The zero-order valence-corrected chi connectivity index (χ0v) is 13.6. The average Bonchev–Trinajstić information content (AvgIpc) is 2.64. The topological polar surface area (TPSA) is 129 Å². The van der Waals surface area contributed by atoms with Gasteiger partial charge in [-0.15, -0.1) is 0 Å². The van der Waals surface area contributed by atoms with Crippen molar-refractivity contribution in [3.05, 3.63) is 71.3 Å². The number of nitrogens with one attached hydrogen (secondary N) is 2. The van der Waals surface area contributed by atoms with Crippen LogP contribution in [0, 0.1) is 5.41 Å². The number of hydrogen-bond donors (Lipinski definition) is 5. The van der Waals surface area contributed by atoms with Crippen molar-refractivity contribution < 1.29 is 19.7 Å². The number of rotatable bonds is 7. The van der Waals surface area contributed by atoms with Crippen LogP contribution in [-0.2, 0) is 11.3 Å². The van der Waals surface area contributed by atoms with Gasteiger partial charge in [0.05, 0.1) is 0 Å². The Balaban J connectivity index is 1.82. The predicted octanol–water partition coefficient (Wildman–Crippen LogP) is 1.29. The molecule has 0 aliphatic carbocycles. The van der Waals surface area contributed by atoms with Gasteiger partial charge in [-0.05, 0) is 17.2 Å². The fraction of sp³-hybridized carbons (Fsp3) is 0.222. The number of carbonyl (C=O) groups excluding carboxylic acids is 1. The highest BCUT2D eigenvalue weighted by molar-refractivity contribution is 5.95. The molecule has 0 aliphatic rings. The summed E-state index contributed by atoms with van der Waals surface area (Å²) in [5.41, 5.74) is 7.10. The summed E-state index contributed by atoms with van der Waals surface area (Å²) in [5, 5.41) is 30.0. The minimum Gasteiger partial charge on any atom is -0.445 e. The van der Waals surface area contributed by atoms with Crippen molar-refractivity contribution in [1.82, 2.24) is 5.32 Å². The van der Waals surface area contributed by atoms with Gasteiger partial charge in [0.2, 0.25) is 0 Å². The Bertz CT molecular complexity index is 721. The number of amides is 1. The predicted molar refractivity (Wildman–Crippen MR) is 93.1 cm³/mol. The van der Waals surface area contributed by atoms with Gasteiger partial charge in [-0.25, -0.2) is 4.79 Å². The zero-order valence-electron chi connectivity index (χ0n) is 13.6. The Kier molecular flexibility index (Phi) is 6.50. The SMILES string of the molecule is N=C(N)c1cccc(C(O)C(O)CNC(=O)OCc2ccccc2)c1. The third kappa shape index (κ3) is 5.59. The minimum atomic E-state index is -1.23. The molecule has 1 amide bonds. The largest absolute Gasteiger partial charge is 0.445 e. The Labute approximate surface area is 145 Å². The van der Waals surface area contributed by atoms with Crippen molar-refractivity contribution in [1.29, 1.82) is 5.41 Å². The first-order valence-electron chi connectivity index (χ1n) is 7.72. The van der Waals surface area contributed by atoms with E-state index in [0.29, 0.717) is 11.1 Å². The number of ether oxygens (including phenoxy) is 1. The van der Waals surface area contributed by atoms with E-state index in [9.17, 15) is 15.0 Å². The van der Waals surface area contributed by atoms with Gasteiger partial charge >= 0.3 is 6.09 Å². The molecule has 0 aliphatic heterocycles. The number of alkyl carbamates (subject to hydrolysis) is 1. The van der Waals surface area contributed by atoms with Gasteiger partial charge in [-0.2, -0.15) is 0 Å². The quantitative estimate of drug-likeness (QED) is 0.382. The van der Waals surface area contributed by atoms with Crippen LogP contribution in [-0.4, -0.2) is 34.8 Å². The van der Waals surface area contributed by atoms with Crippen molar-refractivity contribution in [2.45, 2.75) is 18.8 Å². The summed E-state index contributed by atoms with van der Waals surface area (Å²) < 4.78 is 5.03.